The predicted molar refractivity (Wildman–Crippen MR) is 90.7 cm³/mol. The third-order valence-corrected chi connectivity index (χ3v) is 3.66. The van der Waals surface area contributed by atoms with Gasteiger partial charge in [-0.25, -0.2) is 0 Å². The number of ether oxygens (including phenoxy) is 1. The van der Waals surface area contributed by atoms with E-state index in [0.29, 0.717) is 12.1 Å². The fourth-order valence-corrected chi connectivity index (χ4v) is 2.37. The second-order valence-corrected chi connectivity index (χ2v) is 5.59. The van der Waals surface area contributed by atoms with Crippen LogP contribution in [0.4, 0.5) is 0 Å². The number of benzene rings is 1. The molecular formula is C18H22N2O4. The molecule has 0 aliphatic heterocycles. The lowest BCUT2D eigenvalue weighted by Gasteiger charge is -2.12. The number of amides is 1. The van der Waals surface area contributed by atoms with Gasteiger partial charge in [-0.2, -0.15) is 0 Å². The highest BCUT2D eigenvalue weighted by atomic mass is 16.5. The minimum atomic E-state index is -0.893. The largest absolute Gasteiger partial charge is 0.454 e. The van der Waals surface area contributed by atoms with Crippen molar-refractivity contribution in [1.82, 2.24) is 10.3 Å². The van der Waals surface area contributed by atoms with Gasteiger partial charge in [-0.1, -0.05) is 25.1 Å². The fourth-order valence-electron chi connectivity index (χ4n) is 2.37. The van der Waals surface area contributed by atoms with Crippen LogP contribution >= 0.6 is 0 Å². The molecule has 128 valence electrons. The first kappa shape index (κ1) is 17.7. The molecule has 2 rings (SSSR count). The van der Waals surface area contributed by atoms with Gasteiger partial charge in [0.25, 0.3) is 0 Å². The normalized spacial score (nSPS) is 11.9. The maximum Gasteiger partial charge on any atom is 0.307 e. The van der Waals surface area contributed by atoms with Gasteiger partial charge in [-0.3, -0.25) is 14.4 Å². The molecule has 2 N–H and O–H groups in total. The number of H-pyrrole nitrogens is 1. The quantitative estimate of drug-likeness (QED) is 0.575. The molecule has 0 radical (unpaired) electrons. The number of fused-ring (bicyclic) bond motifs is 1. The van der Waals surface area contributed by atoms with Crippen molar-refractivity contribution in [2.45, 2.75) is 39.2 Å². The molecule has 24 heavy (non-hydrogen) atoms. The highest BCUT2D eigenvalue weighted by molar-refractivity contribution is 6.10. The summed E-state index contributed by atoms with van der Waals surface area (Å²) in [5, 5.41) is 3.48. The molecule has 6 nitrogen and oxygen atoms in total. The fraction of sp³-hybridized carbons (Fsp3) is 0.389. The van der Waals surface area contributed by atoms with Crippen molar-refractivity contribution in [2.75, 3.05) is 6.54 Å². The Balaban J connectivity index is 1.89. The second kappa shape index (κ2) is 8.29. The number of rotatable bonds is 8. The van der Waals surface area contributed by atoms with Gasteiger partial charge >= 0.3 is 5.97 Å². The van der Waals surface area contributed by atoms with Crippen LogP contribution in [-0.2, 0) is 14.3 Å². The number of para-hydroxylation sites is 1. The molecule has 1 aromatic heterocycles. The summed E-state index contributed by atoms with van der Waals surface area (Å²) in [6.45, 7) is 4.08. The molecule has 1 aromatic carbocycles. The van der Waals surface area contributed by atoms with Crippen molar-refractivity contribution in [3.8, 4) is 0 Å². The number of hydrogen-bond donors (Lipinski definition) is 2. The number of aromatic amines is 1. The van der Waals surface area contributed by atoms with E-state index >= 15 is 0 Å². The van der Waals surface area contributed by atoms with Gasteiger partial charge in [0.15, 0.2) is 6.10 Å². The van der Waals surface area contributed by atoms with Crippen molar-refractivity contribution in [1.29, 1.82) is 0 Å². The first-order chi connectivity index (χ1) is 11.5. The Labute approximate surface area is 140 Å². The van der Waals surface area contributed by atoms with Crippen LogP contribution < -0.4 is 5.32 Å². The van der Waals surface area contributed by atoms with Crippen LogP contribution in [0.3, 0.4) is 0 Å². The van der Waals surface area contributed by atoms with Crippen molar-refractivity contribution < 1.29 is 19.1 Å². The molecule has 0 bridgehead atoms. The van der Waals surface area contributed by atoms with Crippen LogP contribution in [0.2, 0.25) is 0 Å². The molecule has 2 aromatic rings. The van der Waals surface area contributed by atoms with E-state index in [4.69, 9.17) is 4.74 Å². The highest BCUT2D eigenvalue weighted by Gasteiger charge is 2.22. The third-order valence-electron chi connectivity index (χ3n) is 3.66. The molecule has 0 unspecified atom stereocenters. The molecule has 0 saturated carbocycles. The first-order valence-corrected chi connectivity index (χ1v) is 8.09. The average molecular weight is 330 g/mol. The lowest BCUT2D eigenvalue weighted by molar-refractivity contribution is -0.147. The number of carbonyl (C=O) groups is 3. The van der Waals surface area contributed by atoms with E-state index in [1.165, 1.54) is 0 Å². The zero-order valence-corrected chi connectivity index (χ0v) is 13.9. The average Bonchev–Trinajstić information content (AvgIpc) is 3.01. The van der Waals surface area contributed by atoms with Crippen molar-refractivity contribution in [3.05, 3.63) is 36.0 Å². The molecule has 0 fully saturated rings. The minimum Gasteiger partial charge on any atom is -0.454 e. The second-order valence-electron chi connectivity index (χ2n) is 5.59. The Morgan fingerprint density at radius 1 is 1.21 bits per heavy atom. The summed E-state index contributed by atoms with van der Waals surface area (Å²) < 4.78 is 5.16. The van der Waals surface area contributed by atoms with E-state index < -0.39 is 12.1 Å². The summed E-state index contributed by atoms with van der Waals surface area (Å²) in [4.78, 5) is 38.8. The maximum absolute atomic E-state index is 12.5. The van der Waals surface area contributed by atoms with Gasteiger partial charge in [0.1, 0.15) is 0 Å². The summed E-state index contributed by atoms with van der Waals surface area (Å²) in [5.41, 5.74) is 1.35. The van der Waals surface area contributed by atoms with Gasteiger partial charge < -0.3 is 15.0 Å². The van der Waals surface area contributed by atoms with Gasteiger partial charge in [0, 0.05) is 35.6 Å². The van der Waals surface area contributed by atoms with Crippen molar-refractivity contribution in [3.63, 3.8) is 0 Å². The number of ketones is 1. The molecule has 0 saturated heterocycles. The van der Waals surface area contributed by atoms with Crippen molar-refractivity contribution in [2.24, 2.45) is 0 Å². The molecule has 6 heteroatoms. The van der Waals surface area contributed by atoms with Crippen LogP contribution in [0, 0.1) is 0 Å². The number of nitrogens with one attached hydrogen (secondary N) is 2. The van der Waals surface area contributed by atoms with E-state index in [0.717, 1.165) is 17.3 Å². The standard InChI is InChI=1S/C18H22N2O4/c1-3-10-19-16(21)8-9-17(22)24-12(2)18(23)14-11-20-15-7-5-4-6-13(14)15/h4-7,11-12,20H,3,8-10H2,1-2H3,(H,19,21)/t12-/m0/s1. The summed E-state index contributed by atoms with van der Waals surface area (Å²) in [6, 6.07) is 7.43. The zero-order chi connectivity index (χ0) is 17.5. The van der Waals surface area contributed by atoms with E-state index in [-0.39, 0.29) is 24.5 Å². The smallest absolute Gasteiger partial charge is 0.307 e. The Kier molecular flexibility index (Phi) is 6.12. The number of hydrogen-bond acceptors (Lipinski definition) is 4. The number of esters is 1. The summed E-state index contributed by atoms with van der Waals surface area (Å²) in [7, 11) is 0. The summed E-state index contributed by atoms with van der Waals surface area (Å²) in [6.07, 6.45) is 1.59. The van der Waals surface area contributed by atoms with Crippen LogP contribution in [0.15, 0.2) is 30.5 Å². The maximum atomic E-state index is 12.5. The summed E-state index contributed by atoms with van der Waals surface area (Å²) in [5.74, 6) is -1.01. The number of Topliss-reactive ketones (excluding diaryl/α,β-unsaturated/α-hetero) is 1. The SMILES string of the molecule is CCCNC(=O)CCC(=O)O[C@@H](C)C(=O)c1c[nH]c2ccccc12. The topological polar surface area (TPSA) is 88.3 Å². The Morgan fingerprint density at radius 3 is 2.71 bits per heavy atom. The predicted octanol–water partition coefficient (Wildman–Crippen LogP) is 2.59. The Morgan fingerprint density at radius 2 is 1.96 bits per heavy atom. The van der Waals surface area contributed by atoms with Crippen LogP contribution in [-0.4, -0.2) is 35.3 Å². The molecular weight excluding hydrogens is 308 g/mol. The molecule has 0 aliphatic rings. The highest BCUT2D eigenvalue weighted by Crippen LogP contribution is 2.20. The molecule has 0 aliphatic carbocycles. The minimum absolute atomic E-state index is 0.0406. The molecule has 1 atom stereocenters. The van der Waals surface area contributed by atoms with Crippen molar-refractivity contribution >= 4 is 28.6 Å². The zero-order valence-electron chi connectivity index (χ0n) is 13.9. The van der Waals surface area contributed by atoms with Gasteiger partial charge in [0.2, 0.25) is 11.7 Å². The third kappa shape index (κ3) is 4.44. The van der Waals surface area contributed by atoms with Gasteiger partial charge in [-0.15, -0.1) is 0 Å². The van der Waals surface area contributed by atoms with E-state index in [2.05, 4.69) is 10.3 Å². The lowest BCUT2D eigenvalue weighted by Crippen LogP contribution is -2.27. The van der Waals surface area contributed by atoms with Crippen LogP contribution in [0.5, 0.6) is 0 Å². The van der Waals surface area contributed by atoms with Crippen LogP contribution in [0.1, 0.15) is 43.5 Å². The number of carbonyl (C=O) groups excluding carboxylic acids is 3. The van der Waals surface area contributed by atoms with Crippen LogP contribution in [0.25, 0.3) is 10.9 Å². The monoisotopic (exact) mass is 330 g/mol. The van der Waals surface area contributed by atoms with E-state index in [1.807, 2.05) is 31.2 Å². The van der Waals surface area contributed by atoms with Gasteiger partial charge in [0.05, 0.1) is 6.42 Å². The molecule has 1 amide bonds. The van der Waals surface area contributed by atoms with E-state index in [1.54, 1.807) is 13.1 Å². The van der Waals surface area contributed by atoms with E-state index in [9.17, 15) is 14.4 Å². The van der Waals surface area contributed by atoms with Gasteiger partial charge in [-0.05, 0) is 19.4 Å². The number of aromatic nitrogens is 1. The Hall–Kier alpha value is -2.63. The summed E-state index contributed by atoms with van der Waals surface area (Å²) >= 11 is 0. The first-order valence-electron chi connectivity index (χ1n) is 8.09. The lowest BCUT2D eigenvalue weighted by atomic mass is 10.1. The molecule has 0 spiro atoms. The molecule has 1 heterocycles. The Bertz CT molecular complexity index is 735.